The maximum Gasteiger partial charge on any atom is 0.0906 e. The van der Waals surface area contributed by atoms with Crippen LogP contribution in [0, 0.1) is 13.8 Å². The number of benzene rings is 2. The van der Waals surface area contributed by atoms with Crippen LogP contribution in [0.4, 0.5) is 22.7 Å². The molecule has 0 heterocycles. The molecule has 2 rings (SSSR count). The van der Waals surface area contributed by atoms with Gasteiger partial charge in [0.1, 0.15) is 0 Å². The molecule has 0 aliphatic rings. The molecule has 0 aromatic heterocycles. The first-order valence-corrected chi connectivity index (χ1v) is 5.71. The van der Waals surface area contributed by atoms with Crippen LogP contribution in [0.1, 0.15) is 11.1 Å². The van der Waals surface area contributed by atoms with E-state index in [-0.39, 0.29) is 0 Å². The second-order valence-corrected chi connectivity index (χ2v) is 4.18. The van der Waals surface area contributed by atoms with Gasteiger partial charge in [0.25, 0.3) is 0 Å². The highest BCUT2D eigenvalue weighted by molar-refractivity contribution is 5.61. The van der Waals surface area contributed by atoms with Gasteiger partial charge in [0.05, 0.1) is 11.4 Å². The maximum atomic E-state index is 5.82. The molecule has 0 unspecified atom stereocenters. The molecule has 0 radical (unpaired) electrons. The molecule has 0 atom stereocenters. The molecule has 4 nitrogen and oxygen atoms in total. The number of hydrogen-bond donors (Lipinski definition) is 2. The van der Waals surface area contributed by atoms with E-state index >= 15 is 0 Å². The molecule has 4 heteroatoms. The van der Waals surface area contributed by atoms with E-state index in [4.69, 9.17) is 11.5 Å². The summed E-state index contributed by atoms with van der Waals surface area (Å²) >= 11 is 0. The van der Waals surface area contributed by atoms with Gasteiger partial charge in [-0.3, -0.25) is 0 Å². The molecular formula is C14H16N4. The average molecular weight is 240 g/mol. The lowest BCUT2D eigenvalue weighted by molar-refractivity contribution is 1.19. The fraction of sp³-hybridized carbons (Fsp3) is 0.143. The standard InChI is InChI=1S/C14H16N4/c1-9-11(15)5-3-7-13(9)17-18-14-8-4-6-12(16)10(14)2/h3-8H,15-16H2,1-2H3. The molecule has 0 saturated heterocycles. The Morgan fingerprint density at radius 3 is 1.50 bits per heavy atom. The van der Waals surface area contributed by atoms with Crippen LogP contribution in [-0.4, -0.2) is 0 Å². The monoisotopic (exact) mass is 240 g/mol. The molecule has 2 aromatic carbocycles. The molecule has 0 amide bonds. The first-order valence-electron chi connectivity index (χ1n) is 5.71. The van der Waals surface area contributed by atoms with E-state index in [9.17, 15) is 0 Å². The van der Waals surface area contributed by atoms with Gasteiger partial charge in [-0.05, 0) is 49.2 Å². The zero-order valence-corrected chi connectivity index (χ0v) is 10.5. The third kappa shape index (κ3) is 2.32. The van der Waals surface area contributed by atoms with E-state index in [1.165, 1.54) is 0 Å². The highest BCUT2D eigenvalue weighted by Gasteiger charge is 2.02. The molecule has 0 saturated carbocycles. The van der Waals surface area contributed by atoms with Crippen LogP contribution in [0.2, 0.25) is 0 Å². The average Bonchev–Trinajstić information content (AvgIpc) is 2.36. The molecule has 2 aromatic rings. The molecule has 0 fully saturated rings. The Hall–Kier alpha value is -2.36. The highest BCUT2D eigenvalue weighted by atomic mass is 15.1. The number of nitrogens with two attached hydrogens (primary N) is 2. The summed E-state index contributed by atoms with van der Waals surface area (Å²) in [4.78, 5) is 0. The second-order valence-electron chi connectivity index (χ2n) is 4.18. The van der Waals surface area contributed by atoms with Crippen molar-refractivity contribution < 1.29 is 0 Å². The van der Waals surface area contributed by atoms with Crippen molar-refractivity contribution in [1.29, 1.82) is 0 Å². The van der Waals surface area contributed by atoms with Crippen LogP contribution in [0.15, 0.2) is 46.6 Å². The summed E-state index contributed by atoms with van der Waals surface area (Å²) in [5, 5.41) is 8.46. The predicted molar refractivity (Wildman–Crippen MR) is 75.4 cm³/mol. The Morgan fingerprint density at radius 1 is 0.722 bits per heavy atom. The molecule has 0 aliphatic carbocycles. The summed E-state index contributed by atoms with van der Waals surface area (Å²) in [5.74, 6) is 0. The van der Waals surface area contributed by atoms with Crippen LogP contribution < -0.4 is 11.5 Å². The normalized spacial score (nSPS) is 11.0. The number of azo groups is 1. The minimum Gasteiger partial charge on any atom is -0.398 e. The van der Waals surface area contributed by atoms with Gasteiger partial charge in [-0.15, -0.1) is 0 Å². The van der Waals surface area contributed by atoms with Crippen LogP contribution in [0.3, 0.4) is 0 Å². The Morgan fingerprint density at radius 2 is 1.11 bits per heavy atom. The third-order valence-electron chi connectivity index (χ3n) is 2.96. The van der Waals surface area contributed by atoms with Crippen molar-refractivity contribution in [2.75, 3.05) is 11.5 Å². The van der Waals surface area contributed by atoms with E-state index in [1.54, 1.807) is 0 Å². The summed E-state index contributed by atoms with van der Waals surface area (Å²) in [7, 11) is 0. The predicted octanol–water partition coefficient (Wildman–Crippen LogP) is 3.88. The lowest BCUT2D eigenvalue weighted by Crippen LogP contribution is -1.89. The van der Waals surface area contributed by atoms with E-state index in [1.807, 2.05) is 50.2 Å². The van der Waals surface area contributed by atoms with Gasteiger partial charge in [-0.25, -0.2) is 0 Å². The number of nitrogen functional groups attached to an aromatic ring is 2. The molecule has 92 valence electrons. The van der Waals surface area contributed by atoms with Crippen LogP contribution in [-0.2, 0) is 0 Å². The van der Waals surface area contributed by atoms with Gasteiger partial charge >= 0.3 is 0 Å². The maximum absolute atomic E-state index is 5.82. The molecule has 0 spiro atoms. The first kappa shape index (κ1) is 12.1. The van der Waals surface area contributed by atoms with Gasteiger partial charge in [0.15, 0.2) is 0 Å². The summed E-state index contributed by atoms with van der Waals surface area (Å²) in [6, 6.07) is 11.2. The molecule has 18 heavy (non-hydrogen) atoms. The van der Waals surface area contributed by atoms with Crippen molar-refractivity contribution in [3.63, 3.8) is 0 Å². The highest BCUT2D eigenvalue weighted by Crippen LogP contribution is 2.28. The Labute approximate surface area is 106 Å². The first-order chi connectivity index (χ1) is 8.59. The molecule has 4 N–H and O–H groups in total. The van der Waals surface area contributed by atoms with E-state index in [2.05, 4.69) is 10.2 Å². The van der Waals surface area contributed by atoms with Gasteiger partial charge in [-0.2, -0.15) is 10.2 Å². The SMILES string of the molecule is Cc1c(N)cccc1N=Nc1cccc(N)c1C. The summed E-state index contributed by atoms with van der Waals surface area (Å²) in [6.45, 7) is 3.85. The third-order valence-corrected chi connectivity index (χ3v) is 2.96. The largest absolute Gasteiger partial charge is 0.398 e. The molecule has 0 bridgehead atoms. The quantitative estimate of drug-likeness (QED) is 0.617. The summed E-state index contributed by atoms with van der Waals surface area (Å²) in [6.07, 6.45) is 0. The van der Waals surface area contributed by atoms with Crippen molar-refractivity contribution in [3.8, 4) is 0 Å². The number of nitrogens with zero attached hydrogens (tertiary/aromatic N) is 2. The second kappa shape index (κ2) is 4.87. The molecular weight excluding hydrogens is 224 g/mol. The minimum atomic E-state index is 0.718. The van der Waals surface area contributed by atoms with Crippen LogP contribution in [0.5, 0.6) is 0 Å². The minimum absolute atomic E-state index is 0.718. The topological polar surface area (TPSA) is 76.8 Å². The fourth-order valence-corrected chi connectivity index (χ4v) is 1.61. The van der Waals surface area contributed by atoms with Crippen molar-refractivity contribution in [2.45, 2.75) is 13.8 Å². The number of anilines is 2. The van der Waals surface area contributed by atoms with E-state index in [0.717, 1.165) is 33.9 Å². The van der Waals surface area contributed by atoms with Crippen molar-refractivity contribution >= 4 is 22.7 Å². The zero-order chi connectivity index (χ0) is 13.1. The zero-order valence-electron chi connectivity index (χ0n) is 10.5. The number of rotatable bonds is 2. The fourth-order valence-electron chi connectivity index (χ4n) is 1.61. The van der Waals surface area contributed by atoms with Gasteiger partial charge in [-0.1, -0.05) is 12.1 Å². The van der Waals surface area contributed by atoms with Crippen LogP contribution in [0.25, 0.3) is 0 Å². The summed E-state index contributed by atoms with van der Waals surface area (Å²) in [5.41, 5.74) is 16.5. The van der Waals surface area contributed by atoms with Crippen molar-refractivity contribution in [1.82, 2.24) is 0 Å². The number of hydrogen-bond acceptors (Lipinski definition) is 4. The smallest absolute Gasteiger partial charge is 0.0906 e. The molecule has 0 aliphatic heterocycles. The van der Waals surface area contributed by atoms with E-state index < -0.39 is 0 Å². The lowest BCUT2D eigenvalue weighted by Gasteiger charge is -2.04. The Bertz CT molecular complexity index is 549. The van der Waals surface area contributed by atoms with Crippen LogP contribution >= 0.6 is 0 Å². The van der Waals surface area contributed by atoms with Crippen molar-refractivity contribution in [2.24, 2.45) is 10.2 Å². The Kier molecular flexibility index (Phi) is 3.28. The van der Waals surface area contributed by atoms with Gasteiger partial charge in [0, 0.05) is 11.4 Å². The van der Waals surface area contributed by atoms with Gasteiger partial charge in [0.2, 0.25) is 0 Å². The summed E-state index contributed by atoms with van der Waals surface area (Å²) < 4.78 is 0. The van der Waals surface area contributed by atoms with Crippen molar-refractivity contribution in [3.05, 3.63) is 47.5 Å². The van der Waals surface area contributed by atoms with Gasteiger partial charge < -0.3 is 11.5 Å². The Balaban J connectivity index is 2.36. The lowest BCUT2D eigenvalue weighted by atomic mass is 10.1. The van der Waals surface area contributed by atoms with E-state index in [0.29, 0.717) is 0 Å².